The Hall–Kier alpha value is -3.02. The van der Waals surface area contributed by atoms with Crippen LogP contribution in [0.15, 0.2) is 42.5 Å². The summed E-state index contributed by atoms with van der Waals surface area (Å²) in [5.74, 6) is 1.31. The van der Waals surface area contributed by atoms with Gasteiger partial charge in [0.1, 0.15) is 0 Å². The second kappa shape index (κ2) is 8.12. The summed E-state index contributed by atoms with van der Waals surface area (Å²) < 4.78 is 10.7. The molecule has 6 heteroatoms. The molecular formula is C21H24N2O4. The highest BCUT2D eigenvalue weighted by Gasteiger charge is 2.19. The molecule has 0 aliphatic carbocycles. The van der Waals surface area contributed by atoms with E-state index in [0.717, 1.165) is 11.3 Å². The Kier molecular flexibility index (Phi) is 5.64. The molecule has 0 bridgehead atoms. The number of amides is 2. The van der Waals surface area contributed by atoms with E-state index in [9.17, 15) is 9.59 Å². The lowest BCUT2D eigenvalue weighted by Gasteiger charge is -2.21. The third kappa shape index (κ3) is 4.39. The zero-order valence-corrected chi connectivity index (χ0v) is 15.8. The SMILES string of the molecule is CC(=O)N(CCC(=O)Nc1ccccc1C(C)C)c1ccc2c(c1)OCO2. The molecule has 0 fully saturated rings. The predicted octanol–water partition coefficient (Wildman–Crippen LogP) is 3.92. The molecule has 2 aromatic carbocycles. The number of nitrogens with one attached hydrogen (secondary N) is 1. The fraction of sp³-hybridized carbons (Fsp3) is 0.333. The highest BCUT2D eigenvalue weighted by atomic mass is 16.7. The van der Waals surface area contributed by atoms with E-state index in [1.165, 1.54) is 6.92 Å². The van der Waals surface area contributed by atoms with Gasteiger partial charge in [-0.25, -0.2) is 0 Å². The van der Waals surface area contributed by atoms with E-state index in [4.69, 9.17) is 9.47 Å². The molecule has 0 atom stereocenters. The molecule has 0 spiro atoms. The minimum atomic E-state index is -0.135. The number of ether oxygens (including phenoxy) is 2. The largest absolute Gasteiger partial charge is 0.454 e. The van der Waals surface area contributed by atoms with E-state index in [0.29, 0.717) is 23.1 Å². The number of anilines is 2. The molecule has 142 valence electrons. The first-order valence-electron chi connectivity index (χ1n) is 9.02. The molecule has 0 radical (unpaired) electrons. The summed E-state index contributed by atoms with van der Waals surface area (Å²) in [6.45, 7) is 6.11. The van der Waals surface area contributed by atoms with Crippen LogP contribution in [0.1, 0.15) is 38.7 Å². The molecule has 1 N–H and O–H groups in total. The van der Waals surface area contributed by atoms with Gasteiger partial charge in [0.15, 0.2) is 11.5 Å². The fourth-order valence-corrected chi connectivity index (χ4v) is 3.06. The Morgan fingerprint density at radius 3 is 2.59 bits per heavy atom. The van der Waals surface area contributed by atoms with Crippen molar-refractivity contribution in [2.45, 2.75) is 33.1 Å². The van der Waals surface area contributed by atoms with Crippen molar-refractivity contribution in [3.63, 3.8) is 0 Å². The third-order valence-electron chi connectivity index (χ3n) is 4.47. The molecule has 2 aromatic rings. The summed E-state index contributed by atoms with van der Waals surface area (Å²) in [4.78, 5) is 26.1. The van der Waals surface area contributed by atoms with Gasteiger partial charge in [-0.3, -0.25) is 9.59 Å². The maximum atomic E-state index is 12.4. The number of carbonyl (C=O) groups excluding carboxylic acids is 2. The lowest BCUT2D eigenvalue weighted by molar-refractivity contribution is -0.117. The molecule has 0 unspecified atom stereocenters. The third-order valence-corrected chi connectivity index (χ3v) is 4.47. The van der Waals surface area contributed by atoms with Crippen molar-refractivity contribution in [1.29, 1.82) is 0 Å². The monoisotopic (exact) mass is 368 g/mol. The Morgan fingerprint density at radius 1 is 1.11 bits per heavy atom. The van der Waals surface area contributed by atoms with Gasteiger partial charge in [-0.15, -0.1) is 0 Å². The van der Waals surface area contributed by atoms with Crippen LogP contribution in [0.5, 0.6) is 11.5 Å². The first-order valence-corrected chi connectivity index (χ1v) is 9.02. The minimum absolute atomic E-state index is 0.130. The van der Waals surface area contributed by atoms with Crippen LogP contribution < -0.4 is 19.7 Å². The molecule has 0 saturated carbocycles. The van der Waals surface area contributed by atoms with Crippen LogP contribution in [-0.4, -0.2) is 25.2 Å². The molecule has 2 amide bonds. The predicted molar refractivity (Wildman–Crippen MR) is 104 cm³/mol. The first kappa shape index (κ1) is 18.8. The number of hydrogen-bond donors (Lipinski definition) is 1. The van der Waals surface area contributed by atoms with Gasteiger partial charge in [0, 0.05) is 37.3 Å². The summed E-state index contributed by atoms with van der Waals surface area (Å²) in [7, 11) is 0. The highest BCUT2D eigenvalue weighted by molar-refractivity contribution is 5.95. The van der Waals surface area contributed by atoms with E-state index in [2.05, 4.69) is 19.2 Å². The fourth-order valence-electron chi connectivity index (χ4n) is 3.06. The van der Waals surface area contributed by atoms with Crippen LogP contribution in [-0.2, 0) is 9.59 Å². The minimum Gasteiger partial charge on any atom is -0.454 e. The number of para-hydroxylation sites is 1. The zero-order chi connectivity index (χ0) is 19.4. The average Bonchev–Trinajstić information content (AvgIpc) is 3.09. The van der Waals surface area contributed by atoms with E-state index >= 15 is 0 Å². The standard InChI is InChI=1S/C21H24N2O4/c1-14(2)17-6-4-5-7-18(17)22-21(25)10-11-23(15(3)24)16-8-9-19-20(12-16)27-13-26-19/h4-9,12,14H,10-11,13H2,1-3H3,(H,22,25). The summed E-state index contributed by atoms with van der Waals surface area (Å²) in [5, 5.41) is 2.96. The Bertz CT molecular complexity index is 848. The van der Waals surface area contributed by atoms with Crippen molar-refractivity contribution in [1.82, 2.24) is 0 Å². The maximum Gasteiger partial charge on any atom is 0.231 e. The van der Waals surface area contributed by atoms with Gasteiger partial charge >= 0.3 is 0 Å². The van der Waals surface area contributed by atoms with E-state index in [1.54, 1.807) is 23.1 Å². The van der Waals surface area contributed by atoms with Crippen molar-refractivity contribution < 1.29 is 19.1 Å². The smallest absolute Gasteiger partial charge is 0.231 e. The van der Waals surface area contributed by atoms with Crippen molar-refractivity contribution in [3.8, 4) is 11.5 Å². The number of rotatable bonds is 6. The van der Waals surface area contributed by atoms with E-state index < -0.39 is 0 Å². The lowest BCUT2D eigenvalue weighted by atomic mass is 10.0. The normalized spacial score (nSPS) is 12.1. The van der Waals surface area contributed by atoms with Crippen LogP contribution in [0, 0.1) is 0 Å². The van der Waals surface area contributed by atoms with E-state index in [1.807, 2.05) is 24.3 Å². The van der Waals surface area contributed by atoms with Crippen molar-refractivity contribution in [2.24, 2.45) is 0 Å². The molecule has 6 nitrogen and oxygen atoms in total. The molecule has 27 heavy (non-hydrogen) atoms. The number of carbonyl (C=O) groups is 2. The van der Waals surface area contributed by atoms with Gasteiger partial charge in [0.2, 0.25) is 18.6 Å². The van der Waals surface area contributed by atoms with Gasteiger partial charge in [-0.1, -0.05) is 32.0 Å². The van der Waals surface area contributed by atoms with Gasteiger partial charge < -0.3 is 19.7 Å². The molecule has 1 aliphatic heterocycles. The van der Waals surface area contributed by atoms with Crippen LogP contribution in [0.4, 0.5) is 11.4 Å². The molecule has 0 saturated heterocycles. The molecule has 3 rings (SSSR count). The second-order valence-electron chi connectivity index (χ2n) is 6.75. The summed E-state index contributed by atoms with van der Waals surface area (Å²) >= 11 is 0. The average molecular weight is 368 g/mol. The van der Waals surface area contributed by atoms with Crippen LogP contribution >= 0.6 is 0 Å². The number of hydrogen-bond acceptors (Lipinski definition) is 4. The molecular weight excluding hydrogens is 344 g/mol. The maximum absolute atomic E-state index is 12.4. The zero-order valence-electron chi connectivity index (χ0n) is 15.8. The highest BCUT2D eigenvalue weighted by Crippen LogP contribution is 2.35. The van der Waals surface area contributed by atoms with Crippen molar-refractivity contribution in [3.05, 3.63) is 48.0 Å². The Balaban J connectivity index is 1.66. The Labute approximate surface area is 159 Å². The van der Waals surface area contributed by atoms with Crippen LogP contribution in [0.3, 0.4) is 0 Å². The quantitative estimate of drug-likeness (QED) is 0.839. The summed E-state index contributed by atoms with van der Waals surface area (Å²) in [5.41, 5.74) is 2.59. The van der Waals surface area contributed by atoms with Crippen LogP contribution in [0.25, 0.3) is 0 Å². The summed E-state index contributed by atoms with van der Waals surface area (Å²) in [6.07, 6.45) is 0.195. The topological polar surface area (TPSA) is 67.9 Å². The molecule has 0 aromatic heterocycles. The van der Waals surface area contributed by atoms with Gasteiger partial charge in [0.05, 0.1) is 0 Å². The molecule has 1 aliphatic rings. The summed E-state index contributed by atoms with van der Waals surface area (Å²) in [6, 6.07) is 13.1. The first-order chi connectivity index (χ1) is 13.0. The Morgan fingerprint density at radius 2 is 1.85 bits per heavy atom. The number of benzene rings is 2. The van der Waals surface area contributed by atoms with Gasteiger partial charge in [-0.05, 0) is 29.7 Å². The number of fused-ring (bicyclic) bond motifs is 1. The van der Waals surface area contributed by atoms with E-state index in [-0.39, 0.29) is 31.6 Å². The van der Waals surface area contributed by atoms with Crippen molar-refractivity contribution in [2.75, 3.05) is 23.6 Å². The lowest BCUT2D eigenvalue weighted by Crippen LogP contribution is -2.32. The molecule has 1 heterocycles. The number of nitrogens with zero attached hydrogens (tertiary/aromatic N) is 1. The van der Waals surface area contributed by atoms with Gasteiger partial charge in [0.25, 0.3) is 0 Å². The van der Waals surface area contributed by atoms with Crippen molar-refractivity contribution >= 4 is 23.2 Å². The van der Waals surface area contributed by atoms with Gasteiger partial charge in [-0.2, -0.15) is 0 Å². The van der Waals surface area contributed by atoms with Crippen LogP contribution in [0.2, 0.25) is 0 Å². The second-order valence-corrected chi connectivity index (χ2v) is 6.75.